The molecule has 0 aliphatic heterocycles. The summed E-state index contributed by atoms with van der Waals surface area (Å²) in [5.41, 5.74) is 1.87. The van der Waals surface area contributed by atoms with Crippen molar-refractivity contribution in [3.8, 4) is 6.07 Å². The van der Waals surface area contributed by atoms with E-state index in [2.05, 4.69) is 18.0 Å². The number of rotatable bonds is 3. The monoisotopic (exact) mass is 148 g/mol. The van der Waals surface area contributed by atoms with E-state index in [0.29, 0.717) is 0 Å². The van der Waals surface area contributed by atoms with Crippen molar-refractivity contribution in [3.63, 3.8) is 0 Å². The predicted molar refractivity (Wildman–Crippen MR) is 44.1 cm³/mol. The Hall–Kier alpha value is -1.23. The van der Waals surface area contributed by atoms with Crippen molar-refractivity contribution in [1.29, 1.82) is 5.26 Å². The molecule has 0 aliphatic carbocycles. The number of hydrogen-bond acceptors (Lipinski definition) is 1. The minimum atomic E-state index is 0.721. The SMILES string of the molecule is CCCCc1cc[nH]c1C#N. The van der Waals surface area contributed by atoms with Crippen LogP contribution in [-0.4, -0.2) is 4.98 Å². The number of aromatic nitrogens is 1. The van der Waals surface area contributed by atoms with Crippen LogP contribution in [0, 0.1) is 11.3 Å². The average Bonchev–Trinajstić information content (AvgIpc) is 2.47. The maximum Gasteiger partial charge on any atom is 0.120 e. The van der Waals surface area contributed by atoms with Gasteiger partial charge < -0.3 is 4.98 Å². The van der Waals surface area contributed by atoms with E-state index >= 15 is 0 Å². The van der Waals surface area contributed by atoms with Crippen LogP contribution in [0.25, 0.3) is 0 Å². The van der Waals surface area contributed by atoms with Gasteiger partial charge in [-0.05, 0) is 24.5 Å². The highest BCUT2D eigenvalue weighted by molar-refractivity contribution is 5.31. The highest BCUT2D eigenvalue weighted by atomic mass is 14.7. The van der Waals surface area contributed by atoms with Crippen LogP contribution in [0.3, 0.4) is 0 Å². The number of nitriles is 1. The first-order valence-corrected chi connectivity index (χ1v) is 3.94. The molecule has 0 bridgehead atoms. The summed E-state index contributed by atoms with van der Waals surface area (Å²) in [6.07, 6.45) is 5.18. The second kappa shape index (κ2) is 3.82. The summed E-state index contributed by atoms with van der Waals surface area (Å²) in [5, 5.41) is 8.63. The minimum absolute atomic E-state index is 0.721. The third-order valence-electron chi connectivity index (χ3n) is 1.74. The van der Waals surface area contributed by atoms with Crippen LogP contribution in [-0.2, 0) is 6.42 Å². The first-order valence-electron chi connectivity index (χ1n) is 3.94. The van der Waals surface area contributed by atoms with E-state index in [1.807, 2.05) is 12.3 Å². The summed E-state index contributed by atoms with van der Waals surface area (Å²) >= 11 is 0. The van der Waals surface area contributed by atoms with E-state index in [1.165, 1.54) is 6.42 Å². The van der Waals surface area contributed by atoms with Gasteiger partial charge in [-0.3, -0.25) is 0 Å². The fraction of sp³-hybridized carbons (Fsp3) is 0.444. The van der Waals surface area contributed by atoms with Gasteiger partial charge in [-0.25, -0.2) is 0 Å². The second-order valence-electron chi connectivity index (χ2n) is 2.59. The fourth-order valence-corrected chi connectivity index (χ4v) is 1.08. The van der Waals surface area contributed by atoms with Crippen LogP contribution < -0.4 is 0 Å². The molecule has 0 amide bonds. The van der Waals surface area contributed by atoms with E-state index in [0.717, 1.165) is 24.1 Å². The van der Waals surface area contributed by atoms with Gasteiger partial charge >= 0.3 is 0 Å². The normalized spacial score (nSPS) is 9.45. The second-order valence-corrected chi connectivity index (χ2v) is 2.59. The molecule has 11 heavy (non-hydrogen) atoms. The van der Waals surface area contributed by atoms with Crippen LogP contribution >= 0.6 is 0 Å². The molecule has 0 saturated carbocycles. The van der Waals surface area contributed by atoms with Gasteiger partial charge in [0.2, 0.25) is 0 Å². The lowest BCUT2D eigenvalue weighted by molar-refractivity contribution is 0.794. The summed E-state index contributed by atoms with van der Waals surface area (Å²) in [7, 11) is 0. The lowest BCUT2D eigenvalue weighted by Gasteiger charge is -1.94. The Labute approximate surface area is 66.9 Å². The van der Waals surface area contributed by atoms with Crippen LogP contribution in [0.2, 0.25) is 0 Å². The molecule has 1 heterocycles. The third kappa shape index (κ3) is 1.84. The van der Waals surface area contributed by atoms with Gasteiger partial charge in [0.05, 0.1) is 0 Å². The van der Waals surface area contributed by atoms with Gasteiger partial charge in [-0.1, -0.05) is 13.3 Å². The number of aryl methyl sites for hydroxylation is 1. The summed E-state index contributed by atoms with van der Waals surface area (Å²) in [4.78, 5) is 2.90. The van der Waals surface area contributed by atoms with Gasteiger partial charge in [0.25, 0.3) is 0 Å². The number of hydrogen-bond donors (Lipinski definition) is 1. The van der Waals surface area contributed by atoms with Gasteiger partial charge in [0, 0.05) is 6.20 Å². The van der Waals surface area contributed by atoms with Crippen LogP contribution in [0.15, 0.2) is 12.3 Å². The molecule has 1 rings (SSSR count). The Kier molecular flexibility index (Phi) is 2.74. The maximum atomic E-state index is 8.63. The van der Waals surface area contributed by atoms with Crippen molar-refractivity contribution in [3.05, 3.63) is 23.5 Å². The molecule has 0 aliphatic rings. The molecule has 0 saturated heterocycles. The molecule has 0 unspecified atom stereocenters. The van der Waals surface area contributed by atoms with Crippen molar-refractivity contribution >= 4 is 0 Å². The molecule has 2 nitrogen and oxygen atoms in total. The van der Waals surface area contributed by atoms with Crippen molar-refractivity contribution in [1.82, 2.24) is 4.98 Å². The van der Waals surface area contributed by atoms with Crippen LogP contribution in [0.1, 0.15) is 31.0 Å². The molecule has 1 aromatic heterocycles. The number of nitrogens with one attached hydrogen (secondary N) is 1. The Morgan fingerprint density at radius 1 is 1.64 bits per heavy atom. The quantitative estimate of drug-likeness (QED) is 0.701. The molecule has 0 atom stereocenters. The molecular weight excluding hydrogens is 136 g/mol. The van der Waals surface area contributed by atoms with Gasteiger partial charge in [0.1, 0.15) is 11.8 Å². The first-order chi connectivity index (χ1) is 5.38. The predicted octanol–water partition coefficient (Wildman–Crippen LogP) is 2.23. The minimum Gasteiger partial charge on any atom is -0.353 e. The van der Waals surface area contributed by atoms with E-state index < -0.39 is 0 Å². The molecule has 1 aromatic rings. The van der Waals surface area contributed by atoms with Gasteiger partial charge in [0.15, 0.2) is 0 Å². The zero-order valence-corrected chi connectivity index (χ0v) is 6.72. The highest BCUT2D eigenvalue weighted by Crippen LogP contribution is 2.08. The fourth-order valence-electron chi connectivity index (χ4n) is 1.08. The van der Waals surface area contributed by atoms with E-state index in [9.17, 15) is 0 Å². The topological polar surface area (TPSA) is 39.6 Å². The molecule has 0 radical (unpaired) electrons. The highest BCUT2D eigenvalue weighted by Gasteiger charge is 2.00. The Balaban J connectivity index is 2.63. The van der Waals surface area contributed by atoms with Gasteiger partial charge in [-0.15, -0.1) is 0 Å². The van der Waals surface area contributed by atoms with Crippen molar-refractivity contribution in [2.24, 2.45) is 0 Å². The summed E-state index contributed by atoms with van der Waals surface area (Å²) in [6, 6.07) is 4.11. The standard InChI is InChI=1S/C9H12N2/c1-2-3-4-8-5-6-11-9(8)7-10/h5-6,11H,2-4H2,1H3. The molecule has 1 N–H and O–H groups in total. The number of unbranched alkanes of at least 4 members (excludes halogenated alkanes) is 1. The summed E-state index contributed by atoms with van der Waals surface area (Å²) in [6.45, 7) is 2.15. The summed E-state index contributed by atoms with van der Waals surface area (Å²) in [5.74, 6) is 0. The smallest absolute Gasteiger partial charge is 0.120 e. The van der Waals surface area contributed by atoms with E-state index in [1.54, 1.807) is 0 Å². The zero-order valence-electron chi connectivity index (χ0n) is 6.72. The van der Waals surface area contributed by atoms with Crippen molar-refractivity contribution in [2.45, 2.75) is 26.2 Å². The number of nitrogens with zero attached hydrogens (tertiary/aromatic N) is 1. The maximum absolute atomic E-state index is 8.63. The van der Waals surface area contributed by atoms with E-state index in [-0.39, 0.29) is 0 Å². The third-order valence-corrected chi connectivity index (χ3v) is 1.74. The Bertz CT molecular complexity index is 255. The van der Waals surface area contributed by atoms with Gasteiger partial charge in [-0.2, -0.15) is 5.26 Å². The molecule has 0 spiro atoms. The average molecular weight is 148 g/mol. The Morgan fingerprint density at radius 2 is 2.45 bits per heavy atom. The molecular formula is C9H12N2. The molecule has 2 heteroatoms. The van der Waals surface area contributed by atoms with Crippen LogP contribution in [0.5, 0.6) is 0 Å². The largest absolute Gasteiger partial charge is 0.353 e. The first kappa shape index (κ1) is 7.87. The van der Waals surface area contributed by atoms with Crippen molar-refractivity contribution in [2.75, 3.05) is 0 Å². The lowest BCUT2D eigenvalue weighted by atomic mass is 10.1. The van der Waals surface area contributed by atoms with E-state index in [4.69, 9.17) is 5.26 Å². The lowest BCUT2D eigenvalue weighted by Crippen LogP contribution is -1.85. The molecule has 58 valence electrons. The molecule has 0 aromatic carbocycles. The number of aromatic amines is 1. The van der Waals surface area contributed by atoms with Crippen LogP contribution in [0.4, 0.5) is 0 Å². The van der Waals surface area contributed by atoms with Crippen molar-refractivity contribution < 1.29 is 0 Å². The summed E-state index contributed by atoms with van der Waals surface area (Å²) < 4.78 is 0. The number of H-pyrrole nitrogens is 1. The molecule has 0 fully saturated rings. The zero-order chi connectivity index (χ0) is 8.10. The Morgan fingerprint density at radius 3 is 3.09 bits per heavy atom.